The van der Waals surface area contributed by atoms with Crippen molar-refractivity contribution in [2.45, 2.75) is 6.92 Å². The first-order chi connectivity index (χ1) is 14.4. The molecule has 0 saturated carbocycles. The third-order valence-corrected chi connectivity index (χ3v) is 4.48. The van der Waals surface area contributed by atoms with Crippen LogP contribution in [0.4, 0.5) is 24.5 Å². The van der Waals surface area contributed by atoms with E-state index in [0.717, 1.165) is 12.1 Å². The molecule has 2 N–H and O–H groups in total. The molecule has 0 fully saturated rings. The monoisotopic (exact) mass is 412 g/mol. The molecule has 3 aromatic rings. The van der Waals surface area contributed by atoms with Crippen LogP contribution in [0.3, 0.4) is 0 Å². The second-order valence-electron chi connectivity index (χ2n) is 6.63. The van der Waals surface area contributed by atoms with Crippen LogP contribution in [0, 0.1) is 18.6 Å². The van der Waals surface area contributed by atoms with Gasteiger partial charge in [0.25, 0.3) is 5.91 Å². The standard InChI is InChI=1S/C23H19F3N2O2/c1-14-2-3-16(23(30)27-11-10-24)12-19(14)22(29)15-4-7-18(8-5-15)28-21-9-6-17(25)13-20(21)26/h2-9,12-13,28H,10-11H2,1H3,(H,27,30). The maximum absolute atomic E-state index is 13.8. The Bertz CT molecular complexity index is 1080. The second kappa shape index (κ2) is 9.26. The summed E-state index contributed by atoms with van der Waals surface area (Å²) in [7, 11) is 0. The Hall–Kier alpha value is -3.61. The van der Waals surface area contributed by atoms with Crippen LogP contribution in [0.2, 0.25) is 0 Å². The van der Waals surface area contributed by atoms with E-state index < -0.39 is 24.2 Å². The first-order valence-corrected chi connectivity index (χ1v) is 9.20. The van der Waals surface area contributed by atoms with Crippen molar-refractivity contribution < 1.29 is 22.8 Å². The van der Waals surface area contributed by atoms with Crippen molar-refractivity contribution in [1.82, 2.24) is 5.32 Å². The fourth-order valence-corrected chi connectivity index (χ4v) is 2.88. The molecule has 0 spiro atoms. The van der Waals surface area contributed by atoms with Gasteiger partial charge in [-0.3, -0.25) is 9.59 Å². The fraction of sp³-hybridized carbons (Fsp3) is 0.130. The van der Waals surface area contributed by atoms with Crippen molar-refractivity contribution in [2.75, 3.05) is 18.5 Å². The smallest absolute Gasteiger partial charge is 0.251 e. The van der Waals surface area contributed by atoms with Gasteiger partial charge < -0.3 is 10.6 Å². The van der Waals surface area contributed by atoms with Crippen LogP contribution in [-0.4, -0.2) is 24.9 Å². The van der Waals surface area contributed by atoms with Crippen LogP contribution in [0.1, 0.15) is 31.8 Å². The number of ketones is 1. The normalized spacial score (nSPS) is 10.5. The lowest BCUT2D eigenvalue weighted by Crippen LogP contribution is -2.25. The number of amides is 1. The summed E-state index contributed by atoms with van der Waals surface area (Å²) in [4.78, 5) is 24.9. The van der Waals surface area contributed by atoms with Crippen LogP contribution in [-0.2, 0) is 0 Å². The fourth-order valence-electron chi connectivity index (χ4n) is 2.88. The number of nitrogens with one attached hydrogen (secondary N) is 2. The summed E-state index contributed by atoms with van der Waals surface area (Å²) in [5.41, 5.74) is 2.32. The molecule has 154 valence electrons. The molecule has 4 nitrogen and oxygen atoms in total. The van der Waals surface area contributed by atoms with Crippen LogP contribution in [0.5, 0.6) is 0 Å². The number of carbonyl (C=O) groups excluding carboxylic acids is 2. The number of benzene rings is 3. The zero-order valence-corrected chi connectivity index (χ0v) is 16.1. The Balaban J connectivity index is 1.79. The van der Waals surface area contributed by atoms with E-state index in [9.17, 15) is 22.8 Å². The molecule has 0 saturated heterocycles. The molecule has 0 unspecified atom stereocenters. The van der Waals surface area contributed by atoms with Crippen LogP contribution >= 0.6 is 0 Å². The highest BCUT2D eigenvalue weighted by Crippen LogP contribution is 2.22. The van der Waals surface area contributed by atoms with Gasteiger partial charge in [-0.05, 0) is 61.0 Å². The molecule has 0 aromatic heterocycles. The van der Waals surface area contributed by atoms with Crippen LogP contribution < -0.4 is 10.6 Å². The third-order valence-electron chi connectivity index (χ3n) is 4.48. The average Bonchev–Trinajstić information content (AvgIpc) is 2.74. The summed E-state index contributed by atoms with van der Waals surface area (Å²) in [6.45, 7) is 0.981. The molecule has 1 amide bonds. The number of halogens is 3. The Morgan fingerprint density at radius 2 is 1.60 bits per heavy atom. The lowest BCUT2D eigenvalue weighted by molar-refractivity contribution is 0.0951. The van der Waals surface area contributed by atoms with Crippen molar-refractivity contribution >= 4 is 23.1 Å². The van der Waals surface area contributed by atoms with Gasteiger partial charge in [-0.2, -0.15) is 0 Å². The van der Waals surface area contributed by atoms with Gasteiger partial charge in [0, 0.05) is 35.0 Å². The minimum atomic E-state index is -0.728. The van der Waals surface area contributed by atoms with Crippen LogP contribution in [0.15, 0.2) is 60.7 Å². The number of hydrogen-bond donors (Lipinski definition) is 2. The quantitative estimate of drug-likeness (QED) is 0.540. The highest BCUT2D eigenvalue weighted by Gasteiger charge is 2.15. The van der Waals surface area contributed by atoms with Crippen molar-refractivity contribution in [3.63, 3.8) is 0 Å². The number of alkyl halides is 1. The number of carbonyl (C=O) groups is 2. The largest absolute Gasteiger partial charge is 0.353 e. The van der Waals surface area contributed by atoms with E-state index in [-0.39, 0.29) is 23.6 Å². The highest BCUT2D eigenvalue weighted by atomic mass is 19.1. The van der Waals surface area contributed by atoms with Gasteiger partial charge >= 0.3 is 0 Å². The summed E-state index contributed by atoms with van der Waals surface area (Å²) in [6.07, 6.45) is 0. The minimum absolute atomic E-state index is 0.0981. The van der Waals surface area contributed by atoms with E-state index >= 15 is 0 Å². The van der Waals surface area contributed by atoms with E-state index in [1.165, 1.54) is 12.1 Å². The average molecular weight is 412 g/mol. The molecule has 0 aliphatic heterocycles. The summed E-state index contributed by atoms with van der Waals surface area (Å²) < 4.78 is 39.1. The van der Waals surface area contributed by atoms with Gasteiger partial charge in [0.05, 0.1) is 5.69 Å². The first kappa shape index (κ1) is 21.1. The van der Waals surface area contributed by atoms with E-state index in [0.29, 0.717) is 22.4 Å². The molecule has 0 aliphatic carbocycles. The van der Waals surface area contributed by atoms with E-state index in [2.05, 4.69) is 10.6 Å². The molecule has 0 atom stereocenters. The van der Waals surface area contributed by atoms with Crippen molar-refractivity contribution in [2.24, 2.45) is 0 Å². The highest BCUT2D eigenvalue weighted by molar-refractivity contribution is 6.11. The summed E-state index contributed by atoms with van der Waals surface area (Å²) in [5.74, 6) is -2.14. The Kier molecular flexibility index (Phi) is 6.51. The van der Waals surface area contributed by atoms with Crippen LogP contribution in [0.25, 0.3) is 0 Å². The van der Waals surface area contributed by atoms with E-state index in [1.54, 1.807) is 43.3 Å². The lowest BCUT2D eigenvalue weighted by atomic mass is 9.96. The predicted octanol–water partition coefficient (Wildman–Crippen LogP) is 4.95. The number of aryl methyl sites for hydroxylation is 1. The molecule has 0 radical (unpaired) electrons. The molecule has 30 heavy (non-hydrogen) atoms. The van der Waals surface area contributed by atoms with Gasteiger partial charge in [-0.25, -0.2) is 13.2 Å². The zero-order valence-electron chi connectivity index (χ0n) is 16.1. The van der Waals surface area contributed by atoms with Crippen molar-refractivity contribution in [3.05, 3.63) is 94.6 Å². The molecular weight excluding hydrogens is 393 g/mol. The third kappa shape index (κ3) is 4.86. The summed E-state index contributed by atoms with van der Waals surface area (Å²) >= 11 is 0. The lowest BCUT2D eigenvalue weighted by Gasteiger charge is -2.10. The predicted molar refractivity (Wildman–Crippen MR) is 109 cm³/mol. The SMILES string of the molecule is Cc1ccc(C(=O)NCCF)cc1C(=O)c1ccc(Nc2ccc(F)cc2F)cc1. The molecule has 3 aromatic carbocycles. The van der Waals surface area contributed by atoms with Gasteiger partial charge in [-0.15, -0.1) is 0 Å². The Morgan fingerprint density at radius 3 is 2.27 bits per heavy atom. The minimum Gasteiger partial charge on any atom is -0.353 e. The van der Waals surface area contributed by atoms with E-state index in [1.807, 2.05) is 0 Å². The summed E-state index contributed by atoms with van der Waals surface area (Å²) in [5, 5.41) is 5.25. The van der Waals surface area contributed by atoms with Gasteiger partial charge in [-0.1, -0.05) is 6.07 Å². The van der Waals surface area contributed by atoms with Crippen molar-refractivity contribution in [3.8, 4) is 0 Å². The summed E-state index contributed by atoms with van der Waals surface area (Å²) in [6, 6.07) is 14.3. The maximum atomic E-state index is 13.8. The van der Waals surface area contributed by atoms with Crippen molar-refractivity contribution in [1.29, 1.82) is 0 Å². The Morgan fingerprint density at radius 1 is 0.900 bits per heavy atom. The molecule has 0 aliphatic rings. The number of anilines is 2. The molecule has 0 heterocycles. The Labute approximate surface area is 171 Å². The maximum Gasteiger partial charge on any atom is 0.251 e. The first-order valence-electron chi connectivity index (χ1n) is 9.20. The zero-order chi connectivity index (χ0) is 21.7. The molecule has 7 heteroatoms. The molecular formula is C23H19F3N2O2. The second-order valence-corrected chi connectivity index (χ2v) is 6.63. The van der Waals surface area contributed by atoms with E-state index in [4.69, 9.17) is 0 Å². The topological polar surface area (TPSA) is 58.2 Å². The van der Waals surface area contributed by atoms with Gasteiger partial charge in [0.2, 0.25) is 0 Å². The number of rotatable bonds is 7. The van der Waals surface area contributed by atoms with Gasteiger partial charge in [0.15, 0.2) is 5.78 Å². The van der Waals surface area contributed by atoms with Gasteiger partial charge in [0.1, 0.15) is 18.3 Å². The number of hydrogen-bond acceptors (Lipinski definition) is 3. The molecule has 0 bridgehead atoms. The molecule has 3 rings (SSSR count).